The van der Waals surface area contributed by atoms with E-state index in [-0.39, 0.29) is 0 Å². The lowest BCUT2D eigenvalue weighted by Gasteiger charge is -2.13. The summed E-state index contributed by atoms with van der Waals surface area (Å²) in [5, 5.41) is 6.95. The summed E-state index contributed by atoms with van der Waals surface area (Å²) in [6, 6.07) is 18.4. The first kappa shape index (κ1) is 15.8. The van der Waals surface area contributed by atoms with Gasteiger partial charge in [0, 0.05) is 23.4 Å². The highest BCUT2D eigenvalue weighted by molar-refractivity contribution is 7.99. The minimum atomic E-state index is 0.605. The zero-order chi connectivity index (χ0) is 14.9. The Balaban J connectivity index is 2.01. The van der Waals surface area contributed by atoms with Gasteiger partial charge in [-0.1, -0.05) is 42.1 Å². The number of benzene rings is 2. The molecule has 0 aliphatic heterocycles. The molecule has 0 atom stereocenters. The first-order valence-electron chi connectivity index (χ1n) is 6.65. The molecule has 2 rings (SSSR count). The van der Waals surface area contributed by atoms with Crippen LogP contribution in [0.25, 0.3) is 0 Å². The van der Waals surface area contributed by atoms with Crippen LogP contribution in [0.1, 0.15) is 0 Å². The van der Waals surface area contributed by atoms with Crippen molar-refractivity contribution in [3.63, 3.8) is 0 Å². The average Bonchev–Trinajstić information content (AvgIpc) is 2.51. The maximum absolute atomic E-state index is 5.29. The molecule has 0 heterocycles. The highest BCUT2D eigenvalue weighted by Gasteiger charge is 2.05. The predicted molar refractivity (Wildman–Crippen MR) is 93.1 cm³/mol. The van der Waals surface area contributed by atoms with Crippen LogP contribution in [0.3, 0.4) is 0 Å². The molecule has 21 heavy (non-hydrogen) atoms. The molecule has 0 aromatic heterocycles. The summed E-state index contributed by atoms with van der Waals surface area (Å²) in [6.45, 7) is 1.32. The third-order valence-corrected chi connectivity index (χ3v) is 4.03. The molecular weight excluding hydrogens is 300 g/mol. The van der Waals surface area contributed by atoms with Gasteiger partial charge < -0.3 is 15.4 Å². The summed E-state index contributed by atoms with van der Waals surface area (Å²) in [7, 11) is 1.67. The van der Waals surface area contributed by atoms with Crippen molar-refractivity contribution in [1.82, 2.24) is 5.32 Å². The molecule has 2 aromatic rings. The van der Waals surface area contributed by atoms with Gasteiger partial charge in [-0.05, 0) is 36.5 Å². The molecule has 3 nitrogen and oxygen atoms in total. The number of hydrogen-bond acceptors (Lipinski definition) is 3. The van der Waals surface area contributed by atoms with Gasteiger partial charge in [0.2, 0.25) is 0 Å². The van der Waals surface area contributed by atoms with Crippen molar-refractivity contribution in [3.8, 4) is 0 Å². The molecule has 2 N–H and O–H groups in total. The van der Waals surface area contributed by atoms with E-state index < -0.39 is 0 Å². The van der Waals surface area contributed by atoms with Crippen LogP contribution in [0.2, 0.25) is 0 Å². The van der Waals surface area contributed by atoms with Crippen molar-refractivity contribution in [2.75, 3.05) is 25.6 Å². The molecule has 0 aliphatic rings. The van der Waals surface area contributed by atoms with Gasteiger partial charge in [-0.15, -0.1) is 0 Å². The second kappa shape index (κ2) is 8.67. The van der Waals surface area contributed by atoms with Crippen molar-refractivity contribution >= 4 is 34.8 Å². The van der Waals surface area contributed by atoms with E-state index in [0.717, 1.165) is 10.6 Å². The van der Waals surface area contributed by atoms with Gasteiger partial charge >= 0.3 is 0 Å². The van der Waals surface area contributed by atoms with E-state index in [2.05, 4.69) is 28.8 Å². The van der Waals surface area contributed by atoms with Crippen LogP contribution in [-0.4, -0.2) is 25.4 Å². The van der Waals surface area contributed by atoms with Crippen molar-refractivity contribution < 1.29 is 4.74 Å². The van der Waals surface area contributed by atoms with Gasteiger partial charge in [-0.3, -0.25) is 0 Å². The van der Waals surface area contributed by atoms with Gasteiger partial charge in [0.25, 0.3) is 0 Å². The summed E-state index contributed by atoms with van der Waals surface area (Å²) in [6.07, 6.45) is 0. The molecule has 0 aliphatic carbocycles. The molecule has 0 saturated heterocycles. The quantitative estimate of drug-likeness (QED) is 0.626. The van der Waals surface area contributed by atoms with Crippen LogP contribution in [-0.2, 0) is 4.74 Å². The van der Waals surface area contributed by atoms with E-state index in [1.165, 1.54) is 4.90 Å². The van der Waals surface area contributed by atoms with Gasteiger partial charge in [0.05, 0.1) is 12.3 Å². The molecule has 5 heteroatoms. The number of anilines is 1. The summed E-state index contributed by atoms with van der Waals surface area (Å²) in [4.78, 5) is 2.34. The van der Waals surface area contributed by atoms with Crippen molar-refractivity contribution in [3.05, 3.63) is 54.6 Å². The summed E-state index contributed by atoms with van der Waals surface area (Å²) < 4.78 is 4.99. The molecule has 110 valence electrons. The lowest BCUT2D eigenvalue weighted by atomic mass is 10.3. The first-order chi connectivity index (χ1) is 10.3. The Hall–Kier alpha value is -1.56. The number of hydrogen-bond donors (Lipinski definition) is 2. The minimum Gasteiger partial charge on any atom is -0.383 e. The Morgan fingerprint density at radius 1 is 1.10 bits per heavy atom. The van der Waals surface area contributed by atoms with E-state index in [4.69, 9.17) is 17.0 Å². The zero-order valence-electron chi connectivity index (χ0n) is 11.8. The Morgan fingerprint density at radius 3 is 2.57 bits per heavy atom. The number of methoxy groups -OCH3 is 1. The van der Waals surface area contributed by atoms with Crippen molar-refractivity contribution in [1.29, 1.82) is 0 Å². The normalized spacial score (nSPS) is 10.1. The molecule has 2 aromatic carbocycles. The molecule has 0 radical (unpaired) electrons. The first-order valence-corrected chi connectivity index (χ1v) is 7.88. The van der Waals surface area contributed by atoms with E-state index in [9.17, 15) is 0 Å². The fraction of sp³-hybridized carbons (Fsp3) is 0.188. The highest BCUT2D eigenvalue weighted by Crippen LogP contribution is 2.33. The number of para-hydroxylation sites is 1. The van der Waals surface area contributed by atoms with Gasteiger partial charge in [0.15, 0.2) is 5.11 Å². The number of ether oxygens (including phenoxy) is 1. The SMILES string of the molecule is COCCNC(=S)Nc1ccccc1Sc1ccccc1. The average molecular weight is 318 g/mol. The Kier molecular flexibility index (Phi) is 6.53. The second-order valence-electron chi connectivity index (χ2n) is 4.28. The predicted octanol–water partition coefficient (Wildman–Crippen LogP) is 3.77. The van der Waals surface area contributed by atoms with Crippen molar-refractivity contribution in [2.24, 2.45) is 0 Å². The monoisotopic (exact) mass is 318 g/mol. The van der Waals surface area contributed by atoms with E-state index in [1.54, 1.807) is 18.9 Å². The topological polar surface area (TPSA) is 33.3 Å². The molecule has 0 unspecified atom stereocenters. The fourth-order valence-electron chi connectivity index (χ4n) is 1.71. The van der Waals surface area contributed by atoms with E-state index in [0.29, 0.717) is 18.3 Å². The Labute approximate surface area is 135 Å². The fourth-order valence-corrected chi connectivity index (χ4v) is 2.84. The van der Waals surface area contributed by atoms with E-state index >= 15 is 0 Å². The summed E-state index contributed by atoms with van der Waals surface area (Å²) in [5.41, 5.74) is 1.00. The van der Waals surface area contributed by atoms with Crippen LogP contribution in [0.4, 0.5) is 5.69 Å². The zero-order valence-corrected chi connectivity index (χ0v) is 13.5. The largest absolute Gasteiger partial charge is 0.383 e. The Morgan fingerprint density at radius 2 is 1.81 bits per heavy atom. The van der Waals surface area contributed by atoms with Crippen LogP contribution >= 0.6 is 24.0 Å². The molecule has 0 bridgehead atoms. The highest BCUT2D eigenvalue weighted by atomic mass is 32.2. The van der Waals surface area contributed by atoms with Crippen LogP contribution in [0, 0.1) is 0 Å². The molecule has 0 saturated carbocycles. The summed E-state index contributed by atoms with van der Waals surface area (Å²) >= 11 is 7.00. The lowest BCUT2D eigenvalue weighted by molar-refractivity contribution is 0.204. The molecule has 0 amide bonds. The van der Waals surface area contributed by atoms with Crippen LogP contribution < -0.4 is 10.6 Å². The smallest absolute Gasteiger partial charge is 0.170 e. The molecule has 0 fully saturated rings. The van der Waals surface area contributed by atoms with E-state index in [1.807, 2.05) is 36.4 Å². The van der Waals surface area contributed by atoms with Gasteiger partial charge in [-0.25, -0.2) is 0 Å². The van der Waals surface area contributed by atoms with Gasteiger partial charge in [-0.2, -0.15) is 0 Å². The maximum atomic E-state index is 5.29. The van der Waals surface area contributed by atoms with Gasteiger partial charge in [0.1, 0.15) is 0 Å². The number of rotatable bonds is 6. The standard InChI is InChI=1S/C16H18N2OS2/c1-19-12-11-17-16(20)18-14-9-5-6-10-15(14)21-13-7-3-2-4-8-13/h2-10H,11-12H2,1H3,(H2,17,18,20). The number of nitrogens with one attached hydrogen (secondary N) is 2. The third-order valence-electron chi connectivity index (χ3n) is 2.70. The molecular formula is C16H18N2OS2. The minimum absolute atomic E-state index is 0.605. The van der Waals surface area contributed by atoms with Crippen molar-refractivity contribution in [2.45, 2.75) is 9.79 Å². The lowest BCUT2D eigenvalue weighted by Crippen LogP contribution is -2.31. The third kappa shape index (κ3) is 5.38. The van der Waals surface area contributed by atoms with Crippen LogP contribution in [0.15, 0.2) is 64.4 Å². The van der Waals surface area contributed by atoms with Crippen LogP contribution in [0.5, 0.6) is 0 Å². The Bertz CT molecular complexity index is 575. The molecule has 0 spiro atoms. The second-order valence-corrected chi connectivity index (χ2v) is 5.81. The number of thiocarbonyl (C=S) groups is 1. The maximum Gasteiger partial charge on any atom is 0.170 e. The summed E-state index contributed by atoms with van der Waals surface area (Å²) in [5.74, 6) is 0.